The molecule has 2 aromatic rings. The third-order valence-corrected chi connectivity index (χ3v) is 4.80. The molecule has 0 fully saturated rings. The van der Waals surface area contributed by atoms with Gasteiger partial charge in [-0.3, -0.25) is 0 Å². The third kappa shape index (κ3) is 3.73. The number of nitrogens with zero attached hydrogens (tertiary/aromatic N) is 2. The van der Waals surface area contributed by atoms with Gasteiger partial charge in [-0.05, 0) is 40.5 Å². The molecule has 1 aromatic heterocycles. The van der Waals surface area contributed by atoms with Gasteiger partial charge >= 0.3 is 0 Å². The molecule has 1 unspecified atom stereocenters. The quantitative estimate of drug-likeness (QED) is 0.829. The van der Waals surface area contributed by atoms with Crippen molar-refractivity contribution in [1.29, 1.82) is 0 Å². The summed E-state index contributed by atoms with van der Waals surface area (Å²) >= 11 is 5.22. The van der Waals surface area contributed by atoms with Crippen LogP contribution in [-0.2, 0) is 5.75 Å². The fourth-order valence-corrected chi connectivity index (χ4v) is 2.59. The Labute approximate surface area is 125 Å². The second-order valence-corrected chi connectivity index (χ2v) is 6.56. The molecule has 102 valence electrons. The molecule has 1 aromatic carbocycles. The summed E-state index contributed by atoms with van der Waals surface area (Å²) in [5.41, 5.74) is 7.31. The number of benzene rings is 1. The van der Waals surface area contributed by atoms with Crippen molar-refractivity contribution < 1.29 is 4.52 Å². The number of aromatic nitrogens is 2. The van der Waals surface area contributed by atoms with Crippen molar-refractivity contribution in [3.8, 4) is 11.5 Å². The van der Waals surface area contributed by atoms with E-state index in [0.29, 0.717) is 16.8 Å². The lowest BCUT2D eigenvalue weighted by Crippen LogP contribution is -1.94. The van der Waals surface area contributed by atoms with Gasteiger partial charge in [0, 0.05) is 21.0 Å². The summed E-state index contributed by atoms with van der Waals surface area (Å²) in [7, 11) is 0. The summed E-state index contributed by atoms with van der Waals surface area (Å²) in [6, 6.07) is 5.57. The smallest absolute Gasteiger partial charge is 0.257 e. The predicted octanol–water partition coefficient (Wildman–Crippen LogP) is 4.11. The topological polar surface area (TPSA) is 64.9 Å². The van der Waals surface area contributed by atoms with Crippen LogP contribution in [0.5, 0.6) is 0 Å². The maximum atomic E-state index is 5.75. The second-order valence-electron chi connectivity index (χ2n) is 4.28. The summed E-state index contributed by atoms with van der Waals surface area (Å²) in [6.07, 6.45) is 1.14. The van der Waals surface area contributed by atoms with Gasteiger partial charge in [0.1, 0.15) is 0 Å². The molecule has 2 N–H and O–H groups in total. The number of thioether (sulfide) groups is 1. The Kier molecular flexibility index (Phi) is 4.87. The van der Waals surface area contributed by atoms with Gasteiger partial charge in [0.15, 0.2) is 5.82 Å². The van der Waals surface area contributed by atoms with Crippen molar-refractivity contribution in [2.45, 2.75) is 31.3 Å². The highest BCUT2D eigenvalue weighted by Gasteiger charge is 2.11. The Bertz CT molecular complexity index is 559. The fraction of sp³-hybridized carbons (Fsp3) is 0.385. The highest BCUT2D eigenvalue weighted by molar-refractivity contribution is 9.10. The summed E-state index contributed by atoms with van der Waals surface area (Å²) in [5, 5.41) is 4.60. The number of halogens is 1. The first-order valence-corrected chi connectivity index (χ1v) is 7.94. The van der Waals surface area contributed by atoms with Crippen LogP contribution in [0.3, 0.4) is 0 Å². The van der Waals surface area contributed by atoms with Crippen molar-refractivity contribution in [2.24, 2.45) is 0 Å². The van der Waals surface area contributed by atoms with Crippen LogP contribution in [0.2, 0.25) is 0 Å². The van der Waals surface area contributed by atoms with Gasteiger partial charge in [0.2, 0.25) is 0 Å². The Morgan fingerprint density at radius 3 is 2.95 bits per heavy atom. The molecule has 0 bridgehead atoms. The number of nitrogens with two attached hydrogens (primary N) is 1. The minimum atomic E-state index is 0.528. The van der Waals surface area contributed by atoms with Crippen LogP contribution in [-0.4, -0.2) is 15.4 Å². The largest absolute Gasteiger partial charge is 0.398 e. The lowest BCUT2D eigenvalue weighted by molar-refractivity contribution is 0.425. The predicted molar refractivity (Wildman–Crippen MR) is 82.9 cm³/mol. The van der Waals surface area contributed by atoms with E-state index >= 15 is 0 Å². The van der Waals surface area contributed by atoms with Crippen LogP contribution in [0, 0.1) is 0 Å². The van der Waals surface area contributed by atoms with Gasteiger partial charge in [-0.1, -0.05) is 19.0 Å². The molecule has 19 heavy (non-hydrogen) atoms. The van der Waals surface area contributed by atoms with Crippen LogP contribution in [0.15, 0.2) is 27.2 Å². The molecule has 1 heterocycles. The first-order chi connectivity index (χ1) is 9.10. The second kappa shape index (κ2) is 6.43. The summed E-state index contributed by atoms with van der Waals surface area (Å²) < 4.78 is 6.11. The van der Waals surface area contributed by atoms with Crippen molar-refractivity contribution in [1.82, 2.24) is 10.1 Å². The fourth-order valence-electron chi connectivity index (χ4n) is 1.42. The molecule has 6 heteroatoms. The number of rotatable bonds is 5. The van der Waals surface area contributed by atoms with Gasteiger partial charge in [-0.2, -0.15) is 16.7 Å². The van der Waals surface area contributed by atoms with Crippen molar-refractivity contribution >= 4 is 33.4 Å². The monoisotopic (exact) mass is 341 g/mol. The molecular formula is C13H16BrN3OS. The van der Waals surface area contributed by atoms with E-state index < -0.39 is 0 Å². The van der Waals surface area contributed by atoms with E-state index in [9.17, 15) is 0 Å². The van der Waals surface area contributed by atoms with Crippen LogP contribution >= 0.6 is 27.7 Å². The lowest BCUT2D eigenvalue weighted by Gasteiger charge is -2.04. The Morgan fingerprint density at radius 1 is 1.47 bits per heavy atom. The maximum Gasteiger partial charge on any atom is 0.257 e. The van der Waals surface area contributed by atoms with E-state index in [1.807, 2.05) is 30.0 Å². The summed E-state index contributed by atoms with van der Waals surface area (Å²) in [5.74, 6) is 2.03. The molecule has 0 saturated carbocycles. The van der Waals surface area contributed by atoms with Crippen molar-refractivity contribution in [2.75, 3.05) is 5.73 Å². The molecule has 1 atom stereocenters. The first kappa shape index (κ1) is 14.4. The van der Waals surface area contributed by atoms with Crippen molar-refractivity contribution in [3.05, 3.63) is 28.5 Å². The highest BCUT2D eigenvalue weighted by Crippen LogP contribution is 2.27. The molecule has 4 nitrogen and oxygen atoms in total. The van der Waals surface area contributed by atoms with Gasteiger partial charge in [0.05, 0.1) is 5.75 Å². The summed E-state index contributed by atoms with van der Waals surface area (Å²) in [4.78, 5) is 4.40. The Balaban J connectivity index is 2.09. The minimum absolute atomic E-state index is 0.528. The van der Waals surface area contributed by atoms with E-state index in [1.54, 1.807) is 0 Å². The Hall–Kier alpha value is -1.01. The standard InChI is InChI=1S/C13H16BrN3OS/c1-3-8(2)19-7-12-16-13(18-17-12)9-4-5-11(15)10(14)6-9/h4-6,8H,3,7,15H2,1-2H3. The maximum absolute atomic E-state index is 5.75. The highest BCUT2D eigenvalue weighted by atomic mass is 79.9. The molecule has 0 saturated heterocycles. The van der Waals surface area contributed by atoms with Gasteiger partial charge in [0.25, 0.3) is 5.89 Å². The van der Waals surface area contributed by atoms with Gasteiger partial charge < -0.3 is 10.3 Å². The lowest BCUT2D eigenvalue weighted by atomic mass is 10.2. The molecule has 0 amide bonds. The van der Waals surface area contributed by atoms with E-state index in [1.165, 1.54) is 0 Å². The van der Waals surface area contributed by atoms with E-state index in [2.05, 4.69) is 39.9 Å². The van der Waals surface area contributed by atoms with Gasteiger partial charge in [-0.25, -0.2) is 0 Å². The molecular weight excluding hydrogens is 326 g/mol. The average molecular weight is 342 g/mol. The van der Waals surface area contributed by atoms with Crippen LogP contribution in [0.1, 0.15) is 26.1 Å². The molecule has 0 aliphatic rings. The molecule has 0 spiro atoms. The normalized spacial score (nSPS) is 12.6. The molecule has 0 aliphatic carbocycles. The zero-order valence-electron chi connectivity index (χ0n) is 10.9. The van der Waals surface area contributed by atoms with Gasteiger partial charge in [-0.15, -0.1) is 0 Å². The number of hydrogen-bond acceptors (Lipinski definition) is 5. The van der Waals surface area contributed by atoms with Crippen LogP contribution in [0.4, 0.5) is 5.69 Å². The molecule has 0 aliphatic heterocycles. The SMILES string of the molecule is CCC(C)SCc1noc(-c2ccc(N)c(Br)c2)n1. The first-order valence-electron chi connectivity index (χ1n) is 6.09. The van der Waals surface area contributed by atoms with E-state index in [0.717, 1.165) is 28.0 Å². The molecule has 0 radical (unpaired) electrons. The zero-order chi connectivity index (χ0) is 13.8. The molecule has 2 rings (SSSR count). The van der Waals surface area contributed by atoms with E-state index in [4.69, 9.17) is 10.3 Å². The van der Waals surface area contributed by atoms with Crippen LogP contribution in [0.25, 0.3) is 11.5 Å². The number of hydrogen-bond donors (Lipinski definition) is 1. The van der Waals surface area contributed by atoms with Crippen molar-refractivity contribution in [3.63, 3.8) is 0 Å². The van der Waals surface area contributed by atoms with E-state index in [-0.39, 0.29) is 0 Å². The summed E-state index contributed by atoms with van der Waals surface area (Å²) in [6.45, 7) is 4.37. The minimum Gasteiger partial charge on any atom is -0.398 e. The number of anilines is 1. The average Bonchev–Trinajstić information content (AvgIpc) is 2.88. The third-order valence-electron chi connectivity index (χ3n) is 2.79. The number of nitrogen functional groups attached to an aromatic ring is 1. The zero-order valence-corrected chi connectivity index (χ0v) is 13.3. The Morgan fingerprint density at radius 2 is 2.26 bits per heavy atom. The van der Waals surface area contributed by atoms with Crippen LogP contribution < -0.4 is 5.73 Å².